The number of carboxylic acid groups (broad SMARTS) is 1. The highest BCUT2D eigenvalue weighted by Crippen LogP contribution is 2.37. The topological polar surface area (TPSA) is 76.1 Å². The molecule has 7 heteroatoms. The number of amides is 1. The van der Waals surface area contributed by atoms with E-state index in [1.165, 1.54) is 0 Å². The fourth-order valence-electron chi connectivity index (χ4n) is 3.03. The second-order valence-electron chi connectivity index (χ2n) is 10.1. The minimum absolute atomic E-state index is 0.0733. The van der Waals surface area contributed by atoms with Crippen molar-refractivity contribution in [2.45, 2.75) is 84.5 Å². The number of rotatable bonds is 6. The number of aliphatic carboxylic acids is 1. The largest absolute Gasteiger partial charge is 0.481 e. The fraction of sp³-hybridized carbons (Fsp3) is 0.900. The van der Waals surface area contributed by atoms with Gasteiger partial charge in [-0.25, -0.2) is 4.79 Å². The van der Waals surface area contributed by atoms with E-state index < -0.39 is 25.8 Å². The predicted molar refractivity (Wildman–Crippen MR) is 109 cm³/mol. The maximum Gasteiger partial charge on any atom is 0.410 e. The molecule has 0 spiro atoms. The summed E-state index contributed by atoms with van der Waals surface area (Å²) in [6.45, 7) is 18.0. The van der Waals surface area contributed by atoms with Gasteiger partial charge in [-0.2, -0.15) is 0 Å². The van der Waals surface area contributed by atoms with Crippen LogP contribution in [-0.2, 0) is 14.0 Å². The van der Waals surface area contributed by atoms with Crippen LogP contribution in [0.4, 0.5) is 4.79 Å². The zero-order valence-electron chi connectivity index (χ0n) is 18.4. The molecule has 1 saturated heterocycles. The Morgan fingerprint density at radius 2 is 1.63 bits per heavy atom. The smallest absolute Gasteiger partial charge is 0.410 e. The van der Waals surface area contributed by atoms with Crippen molar-refractivity contribution in [2.75, 3.05) is 19.7 Å². The highest BCUT2D eigenvalue weighted by molar-refractivity contribution is 6.74. The van der Waals surface area contributed by atoms with Crippen LogP contribution in [-0.4, -0.2) is 55.7 Å². The summed E-state index contributed by atoms with van der Waals surface area (Å²) in [6.07, 6.45) is 1.60. The summed E-state index contributed by atoms with van der Waals surface area (Å²) >= 11 is 0. The summed E-state index contributed by atoms with van der Waals surface area (Å²) in [6, 6.07) is 0. The van der Waals surface area contributed by atoms with Gasteiger partial charge in [-0.3, -0.25) is 4.79 Å². The molecule has 1 amide bonds. The van der Waals surface area contributed by atoms with Crippen LogP contribution in [0, 0.1) is 11.8 Å². The average Bonchev–Trinajstić information content (AvgIpc) is 2.48. The Morgan fingerprint density at radius 3 is 2.04 bits per heavy atom. The molecule has 0 bridgehead atoms. The molecule has 1 aliphatic rings. The number of ether oxygens (including phenoxy) is 1. The number of carbonyl (C=O) groups excluding carboxylic acids is 1. The molecule has 1 aliphatic heterocycles. The van der Waals surface area contributed by atoms with E-state index in [9.17, 15) is 14.7 Å². The summed E-state index contributed by atoms with van der Waals surface area (Å²) in [7, 11) is -1.87. The lowest BCUT2D eigenvalue weighted by molar-refractivity contribution is -0.145. The first-order chi connectivity index (χ1) is 12.1. The van der Waals surface area contributed by atoms with Gasteiger partial charge in [0.1, 0.15) is 5.60 Å². The van der Waals surface area contributed by atoms with E-state index in [1.54, 1.807) is 4.90 Å². The van der Waals surface area contributed by atoms with Gasteiger partial charge in [-0.1, -0.05) is 20.8 Å². The van der Waals surface area contributed by atoms with E-state index in [2.05, 4.69) is 33.9 Å². The second-order valence-corrected chi connectivity index (χ2v) is 15.0. The third kappa shape index (κ3) is 7.45. The minimum atomic E-state index is -1.87. The molecule has 6 nitrogen and oxygen atoms in total. The Hall–Kier alpha value is -1.08. The third-order valence-electron chi connectivity index (χ3n) is 5.78. The zero-order chi connectivity index (χ0) is 21.0. The van der Waals surface area contributed by atoms with Gasteiger partial charge in [0.15, 0.2) is 8.32 Å². The molecular weight excluding hydrogens is 362 g/mol. The molecule has 1 rings (SSSR count). The molecule has 1 N–H and O–H groups in total. The number of carboxylic acids is 1. The molecule has 0 radical (unpaired) electrons. The van der Waals surface area contributed by atoms with Gasteiger partial charge in [0.25, 0.3) is 0 Å². The average molecular weight is 402 g/mol. The summed E-state index contributed by atoms with van der Waals surface area (Å²) in [5, 5.41) is 9.81. The first-order valence-corrected chi connectivity index (χ1v) is 12.9. The minimum Gasteiger partial charge on any atom is -0.481 e. The van der Waals surface area contributed by atoms with Crippen LogP contribution in [0.15, 0.2) is 0 Å². The van der Waals surface area contributed by atoms with Crippen LogP contribution in [0.3, 0.4) is 0 Å². The van der Waals surface area contributed by atoms with Gasteiger partial charge in [0.2, 0.25) is 0 Å². The Bertz CT molecular complexity index is 513. The molecule has 1 atom stereocenters. The predicted octanol–water partition coefficient (Wildman–Crippen LogP) is 4.75. The molecule has 1 unspecified atom stereocenters. The number of piperidine rings is 1. The molecule has 158 valence electrons. The first kappa shape index (κ1) is 24.0. The van der Waals surface area contributed by atoms with Gasteiger partial charge in [-0.15, -0.1) is 0 Å². The standard InChI is InChI=1S/C20H39NO5Si/c1-19(2,3)26-18(24)21-12-9-15(10-13-21)16(17(22)23)11-14-25-27(7,8)20(4,5)6/h15-16H,9-14H2,1-8H3,(H,22,23). The van der Waals surface area contributed by atoms with Gasteiger partial charge in [0.05, 0.1) is 5.92 Å². The van der Waals surface area contributed by atoms with Gasteiger partial charge >= 0.3 is 12.1 Å². The maximum absolute atomic E-state index is 12.2. The van der Waals surface area contributed by atoms with Crippen molar-refractivity contribution < 1.29 is 23.9 Å². The van der Waals surface area contributed by atoms with Crippen LogP contribution < -0.4 is 0 Å². The van der Waals surface area contributed by atoms with Crippen LogP contribution in [0.25, 0.3) is 0 Å². The van der Waals surface area contributed by atoms with Crippen molar-refractivity contribution in [3.63, 3.8) is 0 Å². The molecular formula is C20H39NO5Si. The Morgan fingerprint density at radius 1 is 1.11 bits per heavy atom. The van der Waals surface area contributed by atoms with E-state index in [0.29, 0.717) is 39.0 Å². The van der Waals surface area contributed by atoms with Crippen molar-refractivity contribution in [2.24, 2.45) is 11.8 Å². The highest BCUT2D eigenvalue weighted by Gasteiger charge is 2.38. The molecule has 27 heavy (non-hydrogen) atoms. The number of likely N-dealkylation sites (tertiary alicyclic amines) is 1. The Labute approximate surface area is 165 Å². The lowest BCUT2D eigenvalue weighted by atomic mass is 9.82. The van der Waals surface area contributed by atoms with Crippen molar-refractivity contribution in [1.82, 2.24) is 4.90 Å². The van der Waals surface area contributed by atoms with Crippen LogP contribution in [0.5, 0.6) is 0 Å². The molecule has 1 heterocycles. The van der Waals surface area contributed by atoms with Crippen LogP contribution in [0.1, 0.15) is 60.8 Å². The van der Waals surface area contributed by atoms with Crippen molar-refractivity contribution in [3.05, 3.63) is 0 Å². The Balaban J connectivity index is 2.56. The van der Waals surface area contributed by atoms with Crippen molar-refractivity contribution in [3.8, 4) is 0 Å². The van der Waals surface area contributed by atoms with E-state index in [4.69, 9.17) is 9.16 Å². The van der Waals surface area contributed by atoms with Crippen LogP contribution >= 0.6 is 0 Å². The summed E-state index contributed by atoms with van der Waals surface area (Å²) in [5.74, 6) is -1.11. The molecule has 0 aromatic carbocycles. The zero-order valence-corrected chi connectivity index (χ0v) is 19.4. The number of hydrogen-bond acceptors (Lipinski definition) is 4. The number of hydrogen-bond donors (Lipinski definition) is 1. The van der Waals surface area contributed by atoms with Gasteiger partial charge in [0, 0.05) is 19.7 Å². The molecule has 1 fully saturated rings. The number of nitrogens with zero attached hydrogens (tertiary/aromatic N) is 1. The van der Waals surface area contributed by atoms with E-state index in [-0.39, 0.29) is 17.0 Å². The van der Waals surface area contributed by atoms with Gasteiger partial charge in [-0.05, 0) is 64.1 Å². The van der Waals surface area contributed by atoms with Crippen molar-refractivity contribution >= 4 is 20.4 Å². The molecule has 0 saturated carbocycles. The SMILES string of the molecule is CC(C)(C)OC(=O)N1CCC(C(CCO[Si](C)(C)C(C)(C)C)C(=O)O)CC1. The monoisotopic (exact) mass is 401 g/mol. The lowest BCUT2D eigenvalue weighted by Crippen LogP contribution is -2.44. The van der Waals surface area contributed by atoms with E-state index in [1.807, 2.05) is 20.8 Å². The maximum atomic E-state index is 12.2. The lowest BCUT2D eigenvalue weighted by Gasteiger charge is -2.38. The second kappa shape index (κ2) is 8.95. The normalized spacial score (nSPS) is 18.3. The van der Waals surface area contributed by atoms with Crippen LogP contribution in [0.2, 0.25) is 18.1 Å². The Kier molecular flexibility index (Phi) is 7.94. The summed E-state index contributed by atoms with van der Waals surface area (Å²) < 4.78 is 11.6. The fourth-order valence-corrected chi connectivity index (χ4v) is 4.09. The molecule has 0 aromatic rings. The van der Waals surface area contributed by atoms with Crippen molar-refractivity contribution in [1.29, 1.82) is 0 Å². The summed E-state index contributed by atoms with van der Waals surface area (Å²) in [5.41, 5.74) is -0.515. The highest BCUT2D eigenvalue weighted by atomic mass is 28.4. The quantitative estimate of drug-likeness (QED) is 0.650. The first-order valence-electron chi connectivity index (χ1n) is 9.99. The molecule has 0 aromatic heterocycles. The summed E-state index contributed by atoms with van der Waals surface area (Å²) in [4.78, 5) is 25.7. The number of carbonyl (C=O) groups is 2. The van der Waals surface area contributed by atoms with E-state index >= 15 is 0 Å². The molecule has 0 aliphatic carbocycles. The third-order valence-corrected chi connectivity index (χ3v) is 10.3. The van der Waals surface area contributed by atoms with E-state index in [0.717, 1.165) is 0 Å². The van der Waals surface area contributed by atoms with Gasteiger partial charge < -0.3 is 19.2 Å².